The number of carbonyl (C=O) groups is 1. The minimum absolute atomic E-state index is 0.174. The normalized spacial score (nSPS) is 12.4. The molecule has 0 spiro atoms. The average molecular weight is 222 g/mol. The molecule has 0 amide bonds. The Morgan fingerprint density at radius 3 is 2.50 bits per heavy atom. The second-order valence-corrected chi connectivity index (χ2v) is 3.84. The standard InChI is InChI=1S/C13H18O3/c1-3-4-11-5-7-12(8-6-11)10(2)16-9-13(14)15/h5-8,10H,3-4,9H2,1-2H3,(H,14,15). The molecule has 0 aliphatic rings. The van der Waals surface area contributed by atoms with Crippen molar-refractivity contribution in [3.05, 3.63) is 35.4 Å². The summed E-state index contributed by atoms with van der Waals surface area (Å²) in [6.45, 7) is 3.75. The Hall–Kier alpha value is -1.35. The first kappa shape index (κ1) is 12.7. The topological polar surface area (TPSA) is 46.5 Å². The van der Waals surface area contributed by atoms with E-state index < -0.39 is 5.97 Å². The van der Waals surface area contributed by atoms with Crippen molar-refractivity contribution in [1.29, 1.82) is 0 Å². The van der Waals surface area contributed by atoms with Crippen LogP contribution in [0.5, 0.6) is 0 Å². The van der Waals surface area contributed by atoms with Crippen LogP contribution in [0.25, 0.3) is 0 Å². The number of carboxylic acids is 1. The predicted molar refractivity (Wildman–Crippen MR) is 62.4 cm³/mol. The second kappa shape index (κ2) is 6.28. The van der Waals surface area contributed by atoms with Crippen molar-refractivity contribution in [3.63, 3.8) is 0 Å². The van der Waals surface area contributed by atoms with Gasteiger partial charge in [-0.05, 0) is 24.5 Å². The Kier molecular flexibility index (Phi) is 4.99. The highest BCUT2D eigenvalue weighted by atomic mass is 16.5. The van der Waals surface area contributed by atoms with Gasteiger partial charge in [0.15, 0.2) is 0 Å². The lowest BCUT2D eigenvalue weighted by Crippen LogP contribution is -2.09. The van der Waals surface area contributed by atoms with Crippen LogP contribution in [0.15, 0.2) is 24.3 Å². The molecule has 16 heavy (non-hydrogen) atoms. The van der Waals surface area contributed by atoms with Gasteiger partial charge in [0, 0.05) is 0 Å². The van der Waals surface area contributed by atoms with E-state index in [0.29, 0.717) is 0 Å². The summed E-state index contributed by atoms with van der Waals surface area (Å²) in [5, 5.41) is 8.50. The highest BCUT2D eigenvalue weighted by Gasteiger charge is 2.07. The van der Waals surface area contributed by atoms with E-state index in [1.807, 2.05) is 19.1 Å². The van der Waals surface area contributed by atoms with Gasteiger partial charge < -0.3 is 9.84 Å². The molecule has 1 rings (SSSR count). The average Bonchev–Trinajstić information content (AvgIpc) is 2.27. The maximum absolute atomic E-state index is 10.3. The van der Waals surface area contributed by atoms with Crippen molar-refractivity contribution in [2.24, 2.45) is 0 Å². The SMILES string of the molecule is CCCc1ccc(C(C)OCC(=O)O)cc1. The van der Waals surface area contributed by atoms with E-state index in [-0.39, 0.29) is 12.7 Å². The molecule has 0 heterocycles. The van der Waals surface area contributed by atoms with Gasteiger partial charge in [-0.3, -0.25) is 0 Å². The van der Waals surface area contributed by atoms with E-state index >= 15 is 0 Å². The van der Waals surface area contributed by atoms with Crippen LogP contribution >= 0.6 is 0 Å². The third kappa shape index (κ3) is 4.03. The molecular formula is C13H18O3. The zero-order valence-electron chi connectivity index (χ0n) is 9.77. The number of hydrogen-bond acceptors (Lipinski definition) is 2. The third-order valence-corrected chi connectivity index (χ3v) is 2.44. The van der Waals surface area contributed by atoms with Crippen LogP contribution in [-0.2, 0) is 16.0 Å². The maximum Gasteiger partial charge on any atom is 0.329 e. The van der Waals surface area contributed by atoms with E-state index in [2.05, 4.69) is 19.1 Å². The van der Waals surface area contributed by atoms with Crippen molar-refractivity contribution in [1.82, 2.24) is 0 Å². The Labute approximate surface area is 96.1 Å². The summed E-state index contributed by atoms with van der Waals surface area (Å²) in [5.74, 6) is -0.936. The number of carboxylic acid groups (broad SMARTS) is 1. The van der Waals surface area contributed by atoms with Crippen LogP contribution in [0.4, 0.5) is 0 Å². The summed E-state index contributed by atoms with van der Waals surface area (Å²) in [4.78, 5) is 10.3. The number of ether oxygens (including phenoxy) is 1. The van der Waals surface area contributed by atoms with Gasteiger partial charge in [-0.25, -0.2) is 4.79 Å². The van der Waals surface area contributed by atoms with Crippen LogP contribution < -0.4 is 0 Å². The fourth-order valence-electron chi connectivity index (χ4n) is 1.54. The first-order chi connectivity index (χ1) is 7.63. The molecule has 88 valence electrons. The second-order valence-electron chi connectivity index (χ2n) is 3.84. The first-order valence-corrected chi connectivity index (χ1v) is 5.55. The molecule has 1 aromatic rings. The highest BCUT2D eigenvalue weighted by Crippen LogP contribution is 2.17. The number of aliphatic carboxylic acids is 1. The lowest BCUT2D eigenvalue weighted by Gasteiger charge is -2.12. The molecule has 1 N–H and O–H groups in total. The fourth-order valence-corrected chi connectivity index (χ4v) is 1.54. The van der Waals surface area contributed by atoms with Crippen LogP contribution in [0, 0.1) is 0 Å². The minimum atomic E-state index is -0.936. The van der Waals surface area contributed by atoms with Crippen LogP contribution in [0.1, 0.15) is 37.5 Å². The molecule has 1 atom stereocenters. The fraction of sp³-hybridized carbons (Fsp3) is 0.462. The van der Waals surface area contributed by atoms with E-state index in [0.717, 1.165) is 18.4 Å². The number of benzene rings is 1. The lowest BCUT2D eigenvalue weighted by atomic mass is 10.1. The summed E-state index contributed by atoms with van der Waals surface area (Å²) < 4.78 is 5.19. The van der Waals surface area contributed by atoms with Gasteiger partial charge in [0.2, 0.25) is 0 Å². The number of hydrogen-bond donors (Lipinski definition) is 1. The lowest BCUT2D eigenvalue weighted by molar-refractivity contribution is -0.144. The number of rotatable bonds is 6. The molecule has 0 aliphatic carbocycles. The molecule has 1 unspecified atom stereocenters. The molecule has 3 heteroatoms. The van der Waals surface area contributed by atoms with Crippen molar-refractivity contribution >= 4 is 5.97 Å². The monoisotopic (exact) mass is 222 g/mol. The van der Waals surface area contributed by atoms with E-state index in [1.165, 1.54) is 5.56 Å². The predicted octanol–water partition coefficient (Wildman–Crippen LogP) is 2.80. The maximum atomic E-state index is 10.3. The van der Waals surface area contributed by atoms with Gasteiger partial charge in [-0.15, -0.1) is 0 Å². The van der Waals surface area contributed by atoms with Gasteiger partial charge in [0.05, 0.1) is 6.10 Å². The Morgan fingerprint density at radius 2 is 2.00 bits per heavy atom. The Balaban J connectivity index is 2.55. The molecule has 1 aromatic carbocycles. The summed E-state index contributed by atoms with van der Waals surface area (Å²) in [7, 11) is 0. The summed E-state index contributed by atoms with van der Waals surface area (Å²) in [6, 6.07) is 8.13. The van der Waals surface area contributed by atoms with E-state index in [4.69, 9.17) is 9.84 Å². The highest BCUT2D eigenvalue weighted by molar-refractivity contribution is 5.68. The number of aryl methyl sites for hydroxylation is 1. The van der Waals surface area contributed by atoms with Crippen molar-refractivity contribution in [3.8, 4) is 0 Å². The van der Waals surface area contributed by atoms with Gasteiger partial charge in [-0.2, -0.15) is 0 Å². The Bertz CT molecular complexity index is 330. The molecule has 0 saturated heterocycles. The van der Waals surface area contributed by atoms with Crippen molar-refractivity contribution in [2.45, 2.75) is 32.8 Å². The van der Waals surface area contributed by atoms with Crippen molar-refractivity contribution < 1.29 is 14.6 Å². The van der Waals surface area contributed by atoms with Gasteiger partial charge in [-0.1, -0.05) is 37.6 Å². The largest absolute Gasteiger partial charge is 0.480 e. The summed E-state index contributed by atoms with van der Waals surface area (Å²) >= 11 is 0. The quantitative estimate of drug-likeness (QED) is 0.805. The van der Waals surface area contributed by atoms with Gasteiger partial charge in [0.1, 0.15) is 6.61 Å². The molecule has 0 radical (unpaired) electrons. The van der Waals surface area contributed by atoms with Crippen LogP contribution in [0.3, 0.4) is 0 Å². The summed E-state index contributed by atoms with van der Waals surface area (Å²) in [5.41, 5.74) is 2.32. The van der Waals surface area contributed by atoms with E-state index in [9.17, 15) is 4.79 Å². The minimum Gasteiger partial charge on any atom is -0.480 e. The van der Waals surface area contributed by atoms with E-state index in [1.54, 1.807) is 0 Å². The summed E-state index contributed by atoms with van der Waals surface area (Å²) in [6.07, 6.45) is 2.03. The van der Waals surface area contributed by atoms with Gasteiger partial charge in [0.25, 0.3) is 0 Å². The zero-order chi connectivity index (χ0) is 12.0. The molecular weight excluding hydrogens is 204 g/mol. The van der Waals surface area contributed by atoms with Crippen molar-refractivity contribution in [2.75, 3.05) is 6.61 Å². The van der Waals surface area contributed by atoms with Crippen LogP contribution in [-0.4, -0.2) is 17.7 Å². The Morgan fingerprint density at radius 1 is 1.38 bits per heavy atom. The molecule has 0 saturated carbocycles. The molecule has 0 fully saturated rings. The van der Waals surface area contributed by atoms with Gasteiger partial charge >= 0.3 is 5.97 Å². The zero-order valence-corrected chi connectivity index (χ0v) is 9.77. The third-order valence-electron chi connectivity index (χ3n) is 2.44. The molecule has 0 aromatic heterocycles. The molecule has 0 bridgehead atoms. The first-order valence-electron chi connectivity index (χ1n) is 5.55. The molecule has 3 nitrogen and oxygen atoms in total. The molecule has 0 aliphatic heterocycles. The smallest absolute Gasteiger partial charge is 0.329 e. The van der Waals surface area contributed by atoms with Crippen LogP contribution in [0.2, 0.25) is 0 Å².